The number of amides is 2. The van der Waals surface area contributed by atoms with Gasteiger partial charge < -0.3 is 15.5 Å². The molecule has 22 heavy (non-hydrogen) atoms. The molecule has 0 bridgehead atoms. The van der Waals surface area contributed by atoms with Crippen molar-refractivity contribution in [2.45, 2.75) is 43.0 Å². The maximum absolute atomic E-state index is 12.1. The molecule has 1 aromatic heterocycles. The molecule has 0 unspecified atom stereocenters. The first kappa shape index (κ1) is 15.5. The minimum atomic E-state index is -0.00945. The van der Waals surface area contributed by atoms with Crippen molar-refractivity contribution in [3.05, 3.63) is 12.4 Å². The first-order chi connectivity index (χ1) is 10.6. The monoisotopic (exact) mass is 323 g/mol. The number of anilines is 1. The number of hydrogen-bond acceptors (Lipinski definition) is 4. The lowest BCUT2D eigenvalue weighted by Crippen LogP contribution is -2.46. The van der Waals surface area contributed by atoms with Gasteiger partial charge in [-0.1, -0.05) is 0 Å². The summed E-state index contributed by atoms with van der Waals surface area (Å²) in [6.07, 6.45) is 10.4. The number of nitrogens with one attached hydrogen (secondary N) is 2. The van der Waals surface area contributed by atoms with Gasteiger partial charge in [0.25, 0.3) is 0 Å². The maximum atomic E-state index is 12.1. The number of carbonyl (C=O) groups excluding carboxylic acids is 1. The van der Waals surface area contributed by atoms with Crippen molar-refractivity contribution in [1.82, 2.24) is 20.4 Å². The van der Waals surface area contributed by atoms with Crippen LogP contribution in [-0.2, 0) is 7.05 Å². The second-order valence-corrected chi connectivity index (χ2v) is 7.43. The summed E-state index contributed by atoms with van der Waals surface area (Å²) in [5, 5.41) is 11.2. The highest BCUT2D eigenvalue weighted by Crippen LogP contribution is 2.28. The molecule has 3 atom stereocenters. The van der Waals surface area contributed by atoms with E-state index in [2.05, 4.69) is 26.9 Å². The van der Waals surface area contributed by atoms with Crippen LogP contribution in [-0.4, -0.2) is 52.5 Å². The largest absolute Gasteiger partial charge is 0.367 e. The Hall–Kier alpha value is -1.37. The summed E-state index contributed by atoms with van der Waals surface area (Å²) >= 11 is 1.91. The van der Waals surface area contributed by atoms with Gasteiger partial charge in [-0.15, -0.1) is 0 Å². The number of aryl methyl sites for hydroxylation is 1. The molecule has 7 heteroatoms. The van der Waals surface area contributed by atoms with Crippen molar-refractivity contribution < 1.29 is 4.79 Å². The summed E-state index contributed by atoms with van der Waals surface area (Å²) in [6, 6.07) is 0.552. The first-order valence-electron chi connectivity index (χ1n) is 7.97. The minimum absolute atomic E-state index is 0.00945. The molecule has 2 fully saturated rings. The van der Waals surface area contributed by atoms with Gasteiger partial charge in [-0.25, -0.2) is 4.79 Å². The fourth-order valence-electron chi connectivity index (χ4n) is 3.38. The van der Waals surface area contributed by atoms with Crippen LogP contribution in [0.4, 0.5) is 10.5 Å². The molecule has 2 N–H and O–H groups in total. The molecular weight excluding hydrogens is 298 g/mol. The summed E-state index contributed by atoms with van der Waals surface area (Å²) in [5.41, 5.74) is 1.13. The third kappa shape index (κ3) is 3.69. The van der Waals surface area contributed by atoms with E-state index in [-0.39, 0.29) is 12.1 Å². The van der Waals surface area contributed by atoms with Crippen LogP contribution in [0.25, 0.3) is 0 Å². The number of hydrogen-bond donors (Lipinski definition) is 2. The van der Waals surface area contributed by atoms with Crippen LogP contribution in [0.5, 0.6) is 0 Å². The molecule has 2 amide bonds. The van der Waals surface area contributed by atoms with Crippen LogP contribution < -0.4 is 15.5 Å². The average molecular weight is 323 g/mol. The van der Waals surface area contributed by atoms with E-state index in [0.717, 1.165) is 38.0 Å². The number of thioether (sulfide) groups is 1. The number of carbonyl (C=O) groups is 1. The van der Waals surface area contributed by atoms with Gasteiger partial charge in [-0.2, -0.15) is 16.9 Å². The first-order valence-corrected chi connectivity index (χ1v) is 9.26. The van der Waals surface area contributed by atoms with Gasteiger partial charge in [0, 0.05) is 43.7 Å². The predicted molar refractivity (Wildman–Crippen MR) is 90.4 cm³/mol. The Morgan fingerprint density at radius 3 is 2.82 bits per heavy atom. The Labute approximate surface area is 136 Å². The molecule has 1 aliphatic heterocycles. The number of urea groups is 1. The third-order valence-electron chi connectivity index (χ3n) is 4.63. The van der Waals surface area contributed by atoms with Crippen molar-refractivity contribution in [2.24, 2.45) is 7.05 Å². The Morgan fingerprint density at radius 1 is 1.32 bits per heavy atom. The Kier molecular flexibility index (Phi) is 4.81. The van der Waals surface area contributed by atoms with Crippen LogP contribution in [0.3, 0.4) is 0 Å². The van der Waals surface area contributed by atoms with E-state index >= 15 is 0 Å². The van der Waals surface area contributed by atoms with E-state index in [4.69, 9.17) is 0 Å². The smallest absolute Gasteiger partial charge is 0.315 e. The highest BCUT2D eigenvalue weighted by molar-refractivity contribution is 7.99. The molecule has 122 valence electrons. The minimum Gasteiger partial charge on any atom is -0.367 e. The zero-order valence-electron chi connectivity index (χ0n) is 13.3. The summed E-state index contributed by atoms with van der Waals surface area (Å²) in [6.45, 7) is 1.83. The molecule has 1 aliphatic carbocycles. The fraction of sp³-hybridized carbons (Fsp3) is 0.733. The van der Waals surface area contributed by atoms with Crippen molar-refractivity contribution in [2.75, 3.05) is 24.2 Å². The van der Waals surface area contributed by atoms with Gasteiger partial charge in [0.05, 0.1) is 11.9 Å². The summed E-state index contributed by atoms with van der Waals surface area (Å²) in [5.74, 6) is 0. The highest BCUT2D eigenvalue weighted by Gasteiger charge is 2.28. The van der Waals surface area contributed by atoms with Crippen LogP contribution in [0.15, 0.2) is 12.4 Å². The lowest BCUT2D eigenvalue weighted by Gasteiger charge is -2.19. The van der Waals surface area contributed by atoms with Gasteiger partial charge in [-0.05, 0) is 31.9 Å². The van der Waals surface area contributed by atoms with Crippen molar-refractivity contribution in [1.29, 1.82) is 0 Å². The summed E-state index contributed by atoms with van der Waals surface area (Å²) in [4.78, 5) is 14.4. The number of rotatable bonds is 4. The molecular formula is C15H25N5OS. The van der Waals surface area contributed by atoms with E-state index in [1.165, 1.54) is 6.42 Å². The second kappa shape index (κ2) is 6.81. The number of nitrogens with zero attached hydrogens (tertiary/aromatic N) is 3. The SMILES string of the molecule is CS[C@@H]1CC[C@H](NC(=O)N[C@H]2CCN(c3cnn(C)c3)C2)C1. The van der Waals surface area contributed by atoms with Crippen molar-refractivity contribution in [3.63, 3.8) is 0 Å². The maximum Gasteiger partial charge on any atom is 0.315 e. The Morgan fingerprint density at radius 2 is 2.14 bits per heavy atom. The molecule has 1 saturated heterocycles. The van der Waals surface area contributed by atoms with Gasteiger partial charge in [0.1, 0.15) is 0 Å². The molecule has 2 heterocycles. The molecule has 1 saturated carbocycles. The zero-order valence-corrected chi connectivity index (χ0v) is 14.1. The Bertz CT molecular complexity index is 520. The standard InChI is InChI=1S/C15H25N5OS/c1-19-10-13(8-16-19)20-6-5-12(9-20)18-15(21)17-11-3-4-14(7-11)22-2/h8,10-12,14H,3-7,9H2,1-2H3,(H2,17,18,21)/t11-,12-,14+/m0/s1. The van der Waals surface area contributed by atoms with E-state index in [1.807, 2.05) is 35.9 Å². The van der Waals surface area contributed by atoms with Gasteiger partial charge in [-0.3, -0.25) is 4.68 Å². The van der Waals surface area contributed by atoms with Crippen molar-refractivity contribution in [3.8, 4) is 0 Å². The lowest BCUT2D eigenvalue weighted by molar-refractivity contribution is 0.234. The zero-order chi connectivity index (χ0) is 15.5. The van der Waals surface area contributed by atoms with Gasteiger partial charge >= 0.3 is 6.03 Å². The second-order valence-electron chi connectivity index (χ2n) is 6.29. The lowest BCUT2D eigenvalue weighted by atomic mass is 10.2. The molecule has 0 radical (unpaired) electrons. The topological polar surface area (TPSA) is 62.2 Å². The van der Waals surface area contributed by atoms with Crippen LogP contribution in [0.2, 0.25) is 0 Å². The Balaban J connectivity index is 1.43. The van der Waals surface area contributed by atoms with E-state index in [0.29, 0.717) is 11.3 Å². The van der Waals surface area contributed by atoms with Crippen LogP contribution in [0, 0.1) is 0 Å². The number of aromatic nitrogens is 2. The quantitative estimate of drug-likeness (QED) is 0.883. The van der Waals surface area contributed by atoms with Gasteiger partial charge in [0.2, 0.25) is 0 Å². The third-order valence-corrected chi connectivity index (χ3v) is 5.73. The van der Waals surface area contributed by atoms with Crippen molar-refractivity contribution >= 4 is 23.5 Å². The van der Waals surface area contributed by atoms with Crippen LogP contribution in [0.1, 0.15) is 25.7 Å². The van der Waals surface area contributed by atoms with E-state index in [9.17, 15) is 4.79 Å². The predicted octanol–water partition coefficient (Wildman–Crippen LogP) is 1.58. The van der Waals surface area contributed by atoms with E-state index < -0.39 is 0 Å². The molecule has 6 nitrogen and oxygen atoms in total. The highest BCUT2D eigenvalue weighted by atomic mass is 32.2. The molecule has 2 aliphatic rings. The summed E-state index contributed by atoms with van der Waals surface area (Å²) < 4.78 is 1.81. The average Bonchev–Trinajstić information content (AvgIpc) is 3.19. The molecule has 0 spiro atoms. The normalized spacial score (nSPS) is 28.1. The summed E-state index contributed by atoms with van der Waals surface area (Å²) in [7, 11) is 1.92. The fourth-order valence-corrected chi connectivity index (χ4v) is 4.18. The van der Waals surface area contributed by atoms with Crippen LogP contribution >= 0.6 is 11.8 Å². The molecule has 0 aromatic carbocycles. The van der Waals surface area contributed by atoms with Gasteiger partial charge in [0.15, 0.2) is 0 Å². The molecule has 3 rings (SSSR count). The van der Waals surface area contributed by atoms with E-state index in [1.54, 1.807) is 0 Å². The molecule has 1 aromatic rings.